The van der Waals surface area contributed by atoms with Crippen molar-refractivity contribution in [3.05, 3.63) is 59.3 Å². The molecule has 1 aliphatic heterocycles. The fourth-order valence-electron chi connectivity index (χ4n) is 3.45. The standard InChI is InChI=1S/C19H20N4O/c1-12-9-13(2)21-18(20-12)15-7-8-23(11-15)19(24)17-10-14-5-3-4-6-16(14)22-17/h3-6,9-10,15,22H,7-8,11H2,1-2H3/t15-/m0/s1. The van der Waals surface area contributed by atoms with Crippen molar-refractivity contribution in [1.29, 1.82) is 0 Å². The third-order valence-corrected chi connectivity index (χ3v) is 4.60. The summed E-state index contributed by atoms with van der Waals surface area (Å²) in [6.45, 7) is 5.40. The molecule has 1 atom stereocenters. The van der Waals surface area contributed by atoms with Gasteiger partial charge in [-0.3, -0.25) is 4.79 Å². The van der Waals surface area contributed by atoms with Crippen LogP contribution >= 0.6 is 0 Å². The number of rotatable bonds is 2. The van der Waals surface area contributed by atoms with Gasteiger partial charge in [-0.05, 0) is 38.5 Å². The van der Waals surface area contributed by atoms with Crippen molar-refractivity contribution in [2.45, 2.75) is 26.2 Å². The van der Waals surface area contributed by atoms with Crippen LogP contribution < -0.4 is 0 Å². The Morgan fingerprint density at radius 3 is 2.67 bits per heavy atom. The molecule has 24 heavy (non-hydrogen) atoms. The highest BCUT2D eigenvalue weighted by atomic mass is 16.2. The smallest absolute Gasteiger partial charge is 0.270 e. The molecule has 5 heteroatoms. The third-order valence-electron chi connectivity index (χ3n) is 4.60. The van der Waals surface area contributed by atoms with E-state index < -0.39 is 0 Å². The Hall–Kier alpha value is -2.69. The second kappa shape index (κ2) is 5.74. The number of amides is 1. The molecule has 1 aromatic carbocycles. The Kier molecular flexibility index (Phi) is 3.56. The Bertz CT molecular complexity index is 861. The van der Waals surface area contributed by atoms with E-state index in [1.165, 1.54) is 0 Å². The van der Waals surface area contributed by atoms with Gasteiger partial charge >= 0.3 is 0 Å². The van der Waals surface area contributed by atoms with Gasteiger partial charge in [-0.1, -0.05) is 18.2 Å². The van der Waals surface area contributed by atoms with Crippen LogP contribution in [0.4, 0.5) is 0 Å². The molecule has 2 aromatic heterocycles. The molecular formula is C19H20N4O. The van der Waals surface area contributed by atoms with Gasteiger partial charge in [0.05, 0.1) is 0 Å². The van der Waals surface area contributed by atoms with Crippen molar-refractivity contribution in [3.63, 3.8) is 0 Å². The lowest BCUT2D eigenvalue weighted by molar-refractivity contribution is 0.0785. The van der Waals surface area contributed by atoms with E-state index in [2.05, 4.69) is 15.0 Å². The van der Waals surface area contributed by atoms with Crippen molar-refractivity contribution in [2.75, 3.05) is 13.1 Å². The molecule has 1 amide bonds. The maximum atomic E-state index is 12.8. The van der Waals surface area contributed by atoms with Crippen LogP contribution in [-0.2, 0) is 0 Å². The van der Waals surface area contributed by atoms with Gasteiger partial charge in [-0.25, -0.2) is 9.97 Å². The molecule has 3 heterocycles. The Balaban J connectivity index is 1.54. The van der Waals surface area contributed by atoms with Crippen molar-refractivity contribution in [3.8, 4) is 0 Å². The monoisotopic (exact) mass is 320 g/mol. The average molecular weight is 320 g/mol. The second-order valence-electron chi connectivity index (χ2n) is 6.52. The molecule has 0 saturated carbocycles. The van der Waals surface area contributed by atoms with Gasteiger partial charge in [-0.2, -0.15) is 0 Å². The number of aromatic amines is 1. The molecule has 0 radical (unpaired) electrons. The molecule has 1 fully saturated rings. The first-order valence-electron chi connectivity index (χ1n) is 8.29. The summed E-state index contributed by atoms with van der Waals surface area (Å²) in [6, 6.07) is 11.9. The van der Waals surface area contributed by atoms with E-state index in [4.69, 9.17) is 0 Å². The van der Waals surface area contributed by atoms with Crippen molar-refractivity contribution < 1.29 is 4.79 Å². The summed E-state index contributed by atoms with van der Waals surface area (Å²) >= 11 is 0. The summed E-state index contributed by atoms with van der Waals surface area (Å²) in [4.78, 5) is 27.0. The SMILES string of the molecule is Cc1cc(C)nc([C@H]2CCN(C(=O)c3cc4ccccc4[nH]3)C2)n1. The van der Waals surface area contributed by atoms with Gasteiger partial charge in [0.2, 0.25) is 0 Å². The number of carbonyl (C=O) groups excluding carboxylic acids is 1. The van der Waals surface area contributed by atoms with Gasteiger partial charge in [0, 0.05) is 41.3 Å². The Labute approximate surface area is 140 Å². The molecule has 0 spiro atoms. The number of aromatic nitrogens is 3. The maximum absolute atomic E-state index is 12.8. The van der Waals surface area contributed by atoms with Crippen LogP contribution in [0.3, 0.4) is 0 Å². The average Bonchev–Trinajstić information content (AvgIpc) is 3.20. The molecule has 3 aromatic rings. The lowest BCUT2D eigenvalue weighted by Crippen LogP contribution is -2.28. The quantitative estimate of drug-likeness (QED) is 0.788. The topological polar surface area (TPSA) is 61.9 Å². The van der Waals surface area contributed by atoms with E-state index in [9.17, 15) is 4.79 Å². The number of hydrogen-bond donors (Lipinski definition) is 1. The molecule has 4 rings (SSSR count). The van der Waals surface area contributed by atoms with Crippen molar-refractivity contribution >= 4 is 16.8 Å². The molecule has 1 aliphatic rings. The van der Waals surface area contributed by atoms with E-state index in [0.717, 1.165) is 41.1 Å². The van der Waals surface area contributed by atoms with Gasteiger partial charge in [-0.15, -0.1) is 0 Å². The zero-order valence-corrected chi connectivity index (χ0v) is 13.9. The highest BCUT2D eigenvalue weighted by Crippen LogP contribution is 2.27. The Morgan fingerprint density at radius 1 is 1.17 bits per heavy atom. The second-order valence-corrected chi connectivity index (χ2v) is 6.52. The largest absolute Gasteiger partial charge is 0.351 e. The van der Waals surface area contributed by atoms with Crippen molar-refractivity contribution in [1.82, 2.24) is 19.9 Å². The maximum Gasteiger partial charge on any atom is 0.270 e. The van der Waals surface area contributed by atoms with E-state index in [0.29, 0.717) is 12.2 Å². The highest BCUT2D eigenvalue weighted by Gasteiger charge is 2.30. The predicted molar refractivity (Wildman–Crippen MR) is 93.1 cm³/mol. The summed E-state index contributed by atoms with van der Waals surface area (Å²) < 4.78 is 0. The molecule has 122 valence electrons. The van der Waals surface area contributed by atoms with Crippen LogP contribution in [0.25, 0.3) is 10.9 Å². The number of H-pyrrole nitrogens is 1. The van der Waals surface area contributed by atoms with E-state index in [-0.39, 0.29) is 11.8 Å². The van der Waals surface area contributed by atoms with E-state index in [1.54, 1.807) is 0 Å². The number of benzene rings is 1. The molecule has 5 nitrogen and oxygen atoms in total. The molecular weight excluding hydrogens is 300 g/mol. The van der Waals surface area contributed by atoms with Crippen LogP contribution in [0.1, 0.15) is 40.0 Å². The molecule has 0 aliphatic carbocycles. The Morgan fingerprint density at radius 2 is 1.92 bits per heavy atom. The van der Waals surface area contributed by atoms with Gasteiger partial charge < -0.3 is 9.88 Å². The zero-order valence-electron chi connectivity index (χ0n) is 13.9. The van der Waals surface area contributed by atoms with Crippen LogP contribution in [0, 0.1) is 13.8 Å². The predicted octanol–water partition coefficient (Wildman–Crippen LogP) is 3.20. The number of carbonyl (C=O) groups is 1. The molecule has 0 bridgehead atoms. The summed E-state index contributed by atoms with van der Waals surface area (Å²) in [7, 11) is 0. The van der Waals surface area contributed by atoms with Crippen LogP contribution in [-0.4, -0.2) is 38.8 Å². The van der Waals surface area contributed by atoms with Crippen LogP contribution in [0.15, 0.2) is 36.4 Å². The zero-order chi connectivity index (χ0) is 16.7. The first kappa shape index (κ1) is 14.9. The highest BCUT2D eigenvalue weighted by molar-refractivity contribution is 5.98. The molecule has 0 unspecified atom stereocenters. The van der Waals surface area contributed by atoms with E-state index in [1.807, 2.05) is 55.1 Å². The minimum atomic E-state index is 0.0538. The number of fused-ring (bicyclic) bond motifs is 1. The van der Waals surface area contributed by atoms with Crippen LogP contribution in [0.5, 0.6) is 0 Å². The third kappa shape index (κ3) is 2.66. The van der Waals surface area contributed by atoms with Crippen LogP contribution in [0.2, 0.25) is 0 Å². The fourth-order valence-corrected chi connectivity index (χ4v) is 3.45. The minimum absolute atomic E-state index is 0.0538. The number of para-hydroxylation sites is 1. The molecule has 1 N–H and O–H groups in total. The molecule has 1 saturated heterocycles. The lowest BCUT2D eigenvalue weighted by Gasteiger charge is -2.15. The van der Waals surface area contributed by atoms with Gasteiger partial charge in [0.15, 0.2) is 0 Å². The first-order chi connectivity index (χ1) is 11.6. The number of likely N-dealkylation sites (tertiary alicyclic amines) is 1. The number of hydrogen-bond acceptors (Lipinski definition) is 3. The number of nitrogens with zero attached hydrogens (tertiary/aromatic N) is 3. The van der Waals surface area contributed by atoms with Crippen molar-refractivity contribution in [2.24, 2.45) is 0 Å². The first-order valence-corrected chi connectivity index (χ1v) is 8.29. The fraction of sp³-hybridized carbons (Fsp3) is 0.316. The lowest BCUT2D eigenvalue weighted by atomic mass is 10.1. The van der Waals surface area contributed by atoms with E-state index >= 15 is 0 Å². The number of aryl methyl sites for hydroxylation is 2. The van der Waals surface area contributed by atoms with Gasteiger partial charge in [0.1, 0.15) is 11.5 Å². The number of nitrogens with one attached hydrogen (secondary N) is 1. The van der Waals surface area contributed by atoms with Gasteiger partial charge in [0.25, 0.3) is 5.91 Å². The summed E-state index contributed by atoms with van der Waals surface area (Å²) in [6.07, 6.45) is 0.912. The summed E-state index contributed by atoms with van der Waals surface area (Å²) in [5.74, 6) is 1.13. The summed E-state index contributed by atoms with van der Waals surface area (Å²) in [5, 5.41) is 1.06. The minimum Gasteiger partial charge on any atom is -0.351 e. The normalized spacial score (nSPS) is 17.6. The summed E-state index contributed by atoms with van der Waals surface area (Å²) in [5.41, 5.74) is 3.61.